The number of ether oxygens (including phenoxy) is 1. The van der Waals surface area contributed by atoms with Crippen molar-refractivity contribution < 1.29 is 4.74 Å². The molecule has 0 N–H and O–H groups in total. The molecule has 19 heavy (non-hydrogen) atoms. The number of rotatable bonds is 3. The maximum atomic E-state index is 6.01. The maximum Gasteiger partial charge on any atom is 0.160 e. The van der Waals surface area contributed by atoms with Gasteiger partial charge >= 0.3 is 0 Å². The number of hydrogen-bond donors (Lipinski definition) is 0. The molecular weight excluding hydrogens is 330 g/mol. The predicted molar refractivity (Wildman–Crippen MR) is 78.3 cm³/mol. The van der Waals surface area contributed by atoms with E-state index in [9.17, 15) is 0 Å². The molecule has 0 spiro atoms. The quantitative estimate of drug-likeness (QED) is 0.802. The zero-order valence-electron chi connectivity index (χ0n) is 10.5. The fourth-order valence-corrected chi connectivity index (χ4v) is 3.04. The van der Waals surface area contributed by atoms with Crippen LogP contribution >= 0.6 is 27.5 Å². The molecule has 0 saturated carbocycles. The van der Waals surface area contributed by atoms with E-state index < -0.39 is 0 Å². The zero-order chi connectivity index (χ0) is 13.2. The molecule has 1 saturated heterocycles. The van der Waals surface area contributed by atoms with Gasteiger partial charge in [-0.05, 0) is 40.8 Å². The van der Waals surface area contributed by atoms with Crippen LogP contribution < -0.4 is 0 Å². The van der Waals surface area contributed by atoms with Gasteiger partial charge in [0, 0.05) is 30.4 Å². The maximum absolute atomic E-state index is 6.01. The van der Waals surface area contributed by atoms with Crippen molar-refractivity contribution in [1.82, 2.24) is 14.5 Å². The molecular formula is C13H15BrClN3O. The Bertz CT molecular complexity index is 581. The summed E-state index contributed by atoms with van der Waals surface area (Å²) >= 11 is 9.44. The molecule has 102 valence electrons. The molecule has 1 aliphatic rings. The Labute approximate surface area is 125 Å². The highest BCUT2D eigenvalue weighted by Crippen LogP contribution is 2.23. The van der Waals surface area contributed by atoms with Crippen molar-refractivity contribution >= 4 is 38.7 Å². The second-order valence-electron chi connectivity index (χ2n) is 4.82. The van der Waals surface area contributed by atoms with Crippen molar-refractivity contribution in [2.24, 2.45) is 5.92 Å². The highest BCUT2D eigenvalue weighted by atomic mass is 79.9. The smallest absolute Gasteiger partial charge is 0.160 e. The second-order valence-corrected chi connectivity index (χ2v) is 6.01. The van der Waals surface area contributed by atoms with Gasteiger partial charge in [-0.1, -0.05) is 0 Å². The first-order valence-electron chi connectivity index (χ1n) is 6.42. The van der Waals surface area contributed by atoms with Crippen molar-refractivity contribution in [3.63, 3.8) is 0 Å². The van der Waals surface area contributed by atoms with Crippen molar-refractivity contribution in [3.05, 3.63) is 22.6 Å². The van der Waals surface area contributed by atoms with E-state index in [0.717, 1.165) is 54.1 Å². The van der Waals surface area contributed by atoms with Gasteiger partial charge in [-0.2, -0.15) is 0 Å². The van der Waals surface area contributed by atoms with Gasteiger partial charge in [-0.15, -0.1) is 11.6 Å². The number of halogens is 2. The Kier molecular flexibility index (Phi) is 4.05. The van der Waals surface area contributed by atoms with E-state index >= 15 is 0 Å². The number of alkyl halides is 1. The molecule has 3 heterocycles. The van der Waals surface area contributed by atoms with Crippen LogP contribution in [0, 0.1) is 5.92 Å². The van der Waals surface area contributed by atoms with E-state index in [0.29, 0.717) is 11.8 Å². The third-order valence-corrected chi connectivity index (χ3v) is 4.20. The van der Waals surface area contributed by atoms with Gasteiger partial charge in [-0.25, -0.2) is 9.97 Å². The fourth-order valence-electron chi connectivity index (χ4n) is 2.51. The van der Waals surface area contributed by atoms with E-state index in [2.05, 4.69) is 30.5 Å². The van der Waals surface area contributed by atoms with Crippen LogP contribution in [0.5, 0.6) is 0 Å². The summed E-state index contributed by atoms with van der Waals surface area (Å²) in [6.07, 6.45) is 4.00. The Hall–Kier alpha value is -0.650. The van der Waals surface area contributed by atoms with Crippen LogP contribution in [0.4, 0.5) is 0 Å². The highest BCUT2D eigenvalue weighted by molar-refractivity contribution is 9.10. The minimum Gasteiger partial charge on any atom is -0.381 e. The average molecular weight is 345 g/mol. The number of aromatic nitrogens is 3. The van der Waals surface area contributed by atoms with E-state index in [1.165, 1.54) is 0 Å². The standard InChI is InChI=1S/C13H15BrClN3O/c14-10-5-11-13(16-7-10)18(12(6-15)17-11)8-9-1-3-19-4-2-9/h5,7,9H,1-4,6,8H2. The summed E-state index contributed by atoms with van der Waals surface area (Å²) in [4.78, 5) is 9.04. The molecule has 0 radical (unpaired) electrons. The van der Waals surface area contributed by atoms with Crippen molar-refractivity contribution in [2.45, 2.75) is 25.3 Å². The summed E-state index contributed by atoms with van der Waals surface area (Å²) in [6.45, 7) is 2.63. The number of fused-ring (bicyclic) bond motifs is 1. The van der Waals surface area contributed by atoms with E-state index in [1.54, 1.807) is 0 Å². The SMILES string of the molecule is ClCc1nc2cc(Br)cnc2n1CC1CCOCC1. The number of nitrogens with zero attached hydrogens (tertiary/aromatic N) is 3. The largest absolute Gasteiger partial charge is 0.381 e. The second kappa shape index (κ2) is 5.77. The third kappa shape index (κ3) is 2.78. The van der Waals surface area contributed by atoms with E-state index in [-0.39, 0.29) is 0 Å². The lowest BCUT2D eigenvalue weighted by Crippen LogP contribution is -2.21. The molecule has 2 aromatic rings. The molecule has 0 amide bonds. The summed E-state index contributed by atoms with van der Waals surface area (Å²) in [5.74, 6) is 1.93. The molecule has 3 rings (SSSR count). The van der Waals surface area contributed by atoms with Gasteiger partial charge in [0.2, 0.25) is 0 Å². The molecule has 0 aromatic carbocycles. The van der Waals surface area contributed by atoms with E-state index in [1.807, 2.05) is 12.3 Å². The van der Waals surface area contributed by atoms with E-state index in [4.69, 9.17) is 16.3 Å². The number of imidazole rings is 1. The molecule has 0 aliphatic carbocycles. The first-order valence-corrected chi connectivity index (χ1v) is 7.75. The third-order valence-electron chi connectivity index (χ3n) is 3.53. The molecule has 6 heteroatoms. The van der Waals surface area contributed by atoms with Gasteiger partial charge in [-0.3, -0.25) is 0 Å². The molecule has 2 aromatic heterocycles. The van der Waals surface area contributed by atoms with Gasteiger partial charge < -0.3 is 9.30 Å². The minimum atomic E-state index is 0.414. The molecule has 1 aliphatic heterocycles. The lowest BCUT2D eigenvalue weighted by atomic mass is 10.0. The average Bonchev–Trinajstić information content (AvgIpc) is 2.77. The minimum absolute atomic E-state index is 0.414. The molecule has 0 atom stereocenters. The monoisotopic (exact) mass is 343 g/mol. The van der Waals surface area contributed by atoms with Crippen LogP contribution in [0.1, 0.15) is 18.7 Å². The Morgan fingerprint density at radius 3 is 2.95 bits per heavy atom. The Morgan fingerprint density at radius 1 is 1.42 bits per heavy atom. The first kappa shape index (κ1) is 13.3. The van der Waals surface area contributed by atoms with Crippen molar-refractivity contribution in [1.29, 1.82) is 0 Å². The summed E-state index contributed by atoms with van der Waals surface area (Å²) in [5, 5.41) is 0. The summed E-state index contributed by atoms with van der Waals surface area (Å²) < 4.78 is 8.50. The zero-order valence-corrected chi connectivity index (χ0v) is 12.8. The van der Waals surface area contributed by atoms with Crippen LogP contribution in [0.2, 0.25) is 0 Å². The van der Waals surface area contributed by atoms with Gasteiger partial charge in [0.1, 0.15) is 11.3 Å². The van der Waals surface area contributed by atoms with Crippen molar-refractivity contribution in [2.75, 3.05) is 13.2 Å². The Morgan fingerprint density at radius 2 is 2.21 bits per heavy atom. The topological polar surface area (TPSA) is 39.9 Å². The Balaban J connectivity index is 1.95. The van der Waals surface area contributed by atoms with Crippen LogP contribution in [0.3, 0.4) is 0 Å². The van der Waals surface area contributed by atoms with Crippen LogP contribution in [-0.2, 0) is 17.2 Å². The highest BCUT2D eigenvalue weighted by Gasteiger charge is 2.18. The van der Waals surface area contributed by atoms with Gasteiger partial charge in [0.25, 0.3) is 0 Å². The lowest BCUT2D eigenvalue weighted by Gasteiger charge is -2.23. The van der Waals surface area contributed by atoms with Gasteiger partial charge in [0.05, 0.1) is 5.88 Å². The van der Waals surface area contributed by atoms with Crippen LogP contribution in [-0.4, -0.2) is 27.7 Å². The molecule has 4 nitrogen and oxygen atoms in total. The normalized spacial score (nSPS) is 17.2. The van der Waals surface area contributed by atoms with Crippen LogP contribution in [0.25, 0.3) is 11.2 Å². The van der Waals surface area contributed by atoms with Gasteiger partial charge in [0.15, 0.2) is 5.65 Å². The summed E-state index contributed by atoms with van der Waals surface area (Å²) in [6, 6.07) is 1.98. The van der Waals surface area contributed by atoms with Crippen LogP contribution in [0.15, 0.2) is 16.7 Å². The summed E-state index contributed by atoms with van der Waals surface area (Å²) in [7, 11) is 0. The summed E-state index contributed by atoms with van der Waals surface area (Å²) in [5.41, 5.74) is 1.82. The fraction of sp³-hybridized carbons (Fsp3) is 0.538. The predicted octanol–water partition coefficient (Wildman–Crippen LogP) is 3.36. The molecule has 0 unspecified atom stereocenters. The lowest BCUT2D eigenvalue weighted by molar-refractivity contribution is 0.0613. The molecule has 1 fully saturated rings. The first-order chi connectivity index (χ1) is 9.28. The molecule has 0 bridgehead atoms. The van der Waals surface area contributed by atoms with Crippen molar-refractivity contribution in [3.8, 4) is 0 Å². The number of pyridine rings is 1. The number of hydrogen-bond acceptors (Lipinski definition) is 3.